The molecule has 0 aliphatic carbocycles. The van der Waals surface area contributed by atoms with Gasteiger partial charge in [-0.15, -0.1) is 0 Å². The molecule has 5 rings (SSSR count). The van der Waals surface area contributed by atoms with Crippen LogP contribution < -0.4 is 15.4 Å². The third kappa shape index (κ3) is 3.18. The first kappa shape index (κ1) is 18.0. The van der Waals surface area contributed by atoms with Gasteiger partial charge in [0, 0.05) is 23.0 Å². The molecule has 2 N–H and O–H groups in total. The number of benzene rings is 3. The van der Waals surface area contributed by atoms with Crippen LogP contribution in [0.15, 0.2) is 85.1 Å². The molecule has 0 radical (unpaired) electrons. The molecule has 1 atom stereocenters. The van der Waals surface area contributed by atoms with E-state index in [1.807, 2.05) is 89.7 Å². The van der Waals surface area contributed by atoms with Gasteiger partial charge in [0.05, 0.1) is 24.1 Å². The molecule has 30 heavy (non-hydrogen) atoms. The number of hydrogen-bond donors (Lipinski definition) is 2. The first-order valence-corrected chi connectivity index (χ1v) is 9.69. The standard InChI is InChI=1S/C24H20N4O2/c1-30-18-13-11-16(12-14-18)22-20(15-28(27-22)17-7-3-2-4-8-17)23-25-21-10-6-5-9-19(21)24(29)26-23/h2-15,23,25H,1H3,(H,26,29). The molecule has 4 aromatic rings. The second-order valence-electron chi connectivity index (χ2n) is 7.04. The van der Waals surface area contributed by atoms with Crippen LogP contribution in [-0.2, 0) is 0 Å². The number of carbonyl (C=O) groups is 1. The first-order valence-electron chi connectivity index (χ1n) is 9.69. The van der Waals surface area contributed by atoms with Gasteiger partial charge in [0.15, 0.2) is 0 Å². The van der Waals surface area contributed by atoms with E-state index < -0.39 is 6.17 Å². The van der Waals surface area contributed by atoms with Crippen LogP contribution in [0.2, 0.25) is 0 Å². The van der Waals surface area contributed by atoms with Crippen LogP contribution in [0.25, 0.3) is 16.9 Å². The summed E-state index contributed by atoms with van der Waals surface area (Å²) in [6, 6.07) is 25.2. The van der Waals surface area contributed by atoms with E-state index in [0.717, 1.165) is 33.9 Å². The van der Waals surface area contributed by atoms with Crippen molar-refractivity contribution in [1.82, 2.24) is 15.1 Å². The average molecular weight is 396 g/mol. The number of anilines is 1. The van der Waals surface area contributed by atoms with E-state index in [0.29, 0.717) is 5.56 Å². The molecule has 1 unspecified atom stereocenters. The molecule has 0 bridgehead atoms. The highest BCUT2D eigenvalue weighted by molar-refractivity contribution is 6.01. The van der Waals surface area contributed by atoms with E-state index in [4.69, 9.17) is 9.84 Å². The lowest BCUT2D eigenvalue weighted by Gasteiger charge is -2.27. The SMILES string of the molecule is COc1ccc(-c2nn(-c3ccccc3)cc2C2NC(=O)c3ccccc3N2)cc1. The third-order valence-corrected chi connectivity index (χ3v) is 5.18. The van der Waals surface area contributed by atoms with Crippen LogP contribution in [-0.4, -0.2) is 22.8 Å². The number of aromatic nitrogens is 2. The summed E-state index contributed by atoms with van der Waals surface area (Å²) in [5.41, 5.74) is 5.00. The minimum atomic E-state index is -0.401. The van der Waals surface area contributed by atoms with Gasteiger partial charge in [-0.1, -0.05) is 30.3 Å². The summed E-state index contributed by atoms with van der Waals surface area (Å²) >= 11 is 0. The quantitative estimate of drug-likeness (QED) is 0.536. The molecular weight excluding hydrogens is 376 g/mol. The molecule has 1 aliphatic heterocycles. The molecular formula is C24H20N4O2. The number of ether oxygens (including phenoxy) is 1. The van der Waals surface area contributed by atoms with E-state index in [-0.39, 0.29) is 5.91 Å². The number of carbonyl (C=O) groups excluding carboxylic acids is 1. The summed E-state index contributed by atoms with van der Waals surface area (Å²) in [6.45, 7) is 0. The highest BCUT2D eigenvalue weighted by atomic mass is 16.5. The van der Waals surface area contributed by atoms with Crippen LogP contribution in [0, 0.1) is 0 Å². The number of rotatable bonds is 4. The fraction of sp³-hybridized carbons (Fsp3) is 0.0833. The Morgan fingerprint density at radius 3 is 2.40 bits per heavy atom. The van der Waals surface area contributed by atoms with Crippen LogP contribution in [0.4, 0.5) is 5.69 Å². The van der Waals surface area contributed by atoms with Crippen molar-refractivity contribution in [3.05, 3.63) is 96.2 Å². The maximum Gasteiger partial charge on any atom is 0.255 e. The second-order valence-corrected chi connectivity index (χ2v) is 7.04. The van der Waals surface area contributed by atoms with Gasteiger partial charge in [-0.25, -0.2) is 4.68 Å². The van der Waals surface area contributed by atoms with Crippen LogP contribution >= 0.6 is 0 Å². The molecule has 1 aliphatic rings. The van der Waals surface area contributed by atoms with Crippen LogP contribution in [0.5, 0.6) is 5.75 Å². The van der Waals surface area contributed by atoms with Gasteiger partial charge in [-0.3, -0.25) is 4.79 Å². The molecule has 2 heterocycles. The van der Waals surface area contributed by atoms with Crippen LogP contribution in [0.1, 0.15) is 22.1 Å². The van der Waals surface area contributed by atoms with E-state index >= 15 is 0 Å². The lowest BCUT2D eigenvalue weighted by atomic mass is 10.0. The largest absolute Gasteiger partial charge is 0.497 e. The summed E-state index contributed by atoms with van der Waals surface area (Å²) in [7, 11) is 1.64. The predicted octanol–water partition coefficient (Wildman–Crippen LogP) is 4.40. The van der Waals surface area contributed by atoms with Crippen molar-refractivity contribution in [3.63, 3.8) is 0 Å². The molecule has 3 aromatic carbocycles. The minimum absolute atomic E-state index is 0.109. The van der Waals surface area contributed by atoms with Crippen molar-refractivity contribution in [2.24, 2.45) is 0 Å². The number of nitrogens with zero attached hydrogens (tertiary/aromatic N) is 2. The zero-order valence-corrected chi connectivity index (χ0v) is 16.4. The van der Waals surface area contributed by atoms with Crippen molar-refractivity contribution in [1.29, 1.82) is 0 Å². The summed E-state index contributed by atoms with van der Waals surface area (Å²) < 4.78 is 7.12. The molecule has 148 valence electrons. The second kappa shape index (κ2) is 7.40. The summed E-state index contributed by atoms with van der Waals surface area (Å²) in [5, 5.41) is 11.3. The Morgan fingerprint density at radius 1 is 0.900 bits per heavy atom. The van der Waals surface area contributed by atoms with Crippen molar-refractivity contribution in [2.75, 3.05) is 12.4 Å². The van der Waals surface area contributed by atoms with Gasteiger partial charge >= 0.3 is 0 Å². The van der Waals surface area contributed by atoms with Gasteiger partial charge in [-0.05, 0) is 48.5 Å². The number of methoxy groups -OCH3 is 1. The minimum Gasteiger partial charge on any atom is -0.497 e. The highest BCUT2D eigenvalue weighted by Crippen LogP contribution is 2.33. The van der Waals surface area contributed by atoms with E-state index in [1.165, 1.54) is 0 Å². The number of para-hydroxylation sites is 2. The van der Waals surface area contributed by atoms with Crippen LogP contribution in [0.3, 0.4) is 0 Å². The first-order chi connectivity index (χ1) is 14.7. The van der Waals surface area contributed by atoms with Crippen molar-refractivity contribution >= 4 is 11.6 Å². The molecule has 1 amide bonds. The summed E-state index contributed by atoms with van der Waals surface area (Å²) in [4.78, 5) is 12.7. The Balaban J connectivity index is 1.61. The lowest BCUT2D eigenvalue weighted by molar-refractivity contribution is 0.0936. The summed E-state index contributed by atoms with van der Waals surface area (Å²) in [5.74, 6) is 0.670. The molecule has 6 nitrogen and oxygen atoms in total. The smallest absolute Gasteiger partial charge is 0.255 e. The van der Waals surface area contributed by atoms with Gasteiger partial charge in [0.1, 0.15) is 11.9 Å². The van der Waals surface area contributed by atoms with E-state index in [9.17, 15) is 4.79 Å². The molecule has 0 saturated carbocycles. The fourth-order valence-corrected chi connectivity index (χ4v) is 3.65. The lowest BCUT2D eigenvalue weighted by Crippen LogP contribution is -2.38. The maximum absolute atomic E-state index is 12.7. The number of fused-ring (bicyclic) bond motifs is 1. The van der Waals surface area contributed by atoms with Gasteiger partial charge < -0.3 is 15.4 Å². The van der Waals surface area contributed by atoms with E-state index in [1.54, 1.807) is 7.11 Å². The van der Waals surface area contributed by atoms with Crippen molar-refractivity contribution < 1.29 is 9.53 Å². The molecule has 0 saturated heterocycles. The number of hydrogen-bond acceptors (Lipinski definition) is 4. The highest BCUT2D eigenvalue weighted by Gasteiger charge is 2.28. The average Bonchev–Trinajstić information content (AvgIpc) is 3.25. The predicted molar refractivity (Wildman–Crippen MR) is 116 cm³/mol. The zero-order chi connectivity index (χ0) is 20.5. The maximum atomic E-state index is 12.7. The monoisotopic (exact) mass is 396 g/mol. The Kier molecular flexibility index (Phi) is 4.44. The third-order valence-electron chi connectivity index (χ3n) is 5.18. The molecule has 0 fully saturated rings. The van der Waals surface area contributed by atoms with Gasteiger partial charge in [0.2, 0.25) is 0 Å². The summed E-state index contributed by atoms with van der Waals surface area (Å²) in [6.07, 6.45) is 1.56. The van der Waals surface area contributed by atoms with E-state index in [2.05, 4.69) is 10.6 Å². The zero-order valence-electron chi connectivity index (χ0n) is 16.4. The van der Waals surface area contributed by atoms with Gasteiger partial charge in [-0.2, -0.15) is 5.10 Å². The Labute approximate surface area is 174 Å². The normalized spacial score (nSPS) is 15.1. The molecule has 1 aromatic heterocycles. The number of amides is 1. The topological polar surface area (TPSA) is 68.2 Å². The number of nitrogens with one attached hydrogen (secondary N) is 2. The molecule has 6 heteroatoms. The van der Waals surface area contributed by atoms with Gasteiger partial charge in [0.25, 0.3) is 5.91 Å². The molecule has 0 spiro atoms. The Bertz CT molecular complexity index is 1200. The van der Waals surface area contributed by atoms with Crippen molar-refractivity contribution in [3.8, 4) is 22.7 Å². The fourth-order valence-electron chi connectivity index (χ4n) is 3.65. The Morgan fingerprint density at radius 2 is 1.63 bits per heavy atom. The Hall–Kier alpha value is -4.06. The van der Waals surface area contributed by atoms with Crippen molar-refractivity contribution in [2.45, 2.75) is 6.17 Å².